The molecule has 0 N–H and O–H groups in total. The van der Waals surface area contributed by atoms with E-state index in [-0.39, 0.29) is 63.0 Å². The molecule has 0 aliphatic rings. The van der Waals surface area contributed by atoms with Crippen LogP contribution in [0.15, 0.2) is 0 Å². The molecule has 0 unspecified atom stereocenters. The first-order chi connectivity index (χ1) is 2.00. The van der Waals surface area contributed by atoms with Gasteiger partial charge in [0.1, 0.15) is 0 Å². The first-order valence-corrected chi connectivity index (χ1v) is 2.19. The predicted octanol–water partition coefficient (Wildman–Crippen LogP) is -3.97. The van der Waals surface area contributed by atoms with Gasteiger partial charge in [-0.3, -0.25) is 0 Å². The number of rotatable bonds is 0. The van der Waals surface area contributed by atoms with Gasteiger partial charge in [0.05, 0.1) is 0 Å². The Hall–Kier alpha value is 2.15. The first kappa shape index (κ1) is 22.5. The van der Waals surface area contributed by atoms with Gasteiger partial charge in [-0.1, -0.05) is 0 Å². The molecule has 0 aromatic heterocycles. The maximum atomic E-state index is 8.55. The molecule has 0 radical (unpaired) electrons. The van der Waals surface area contributed by atoms with Gasteiger partial charge < -0.3 is 19.2 Å². The Balaban J connectivity index is -0.0000000267. The monoisotopic (exact) mass is 306 g/mol. The fourth-order valence-electron chi connectivity index (χ4n) is 0. The van der Waals surface area contributed by atoms with E-state index in [1.165, 1.54) is 0 Å². The Bertz CT molecular complexity index is 62.2. The molecule has 0 amide bonds. The summed E-state index contributed by atoms with van der Waals surface area (Å²) in [6.45, 7) is 0. The van der Waals surface area contributed by atoms with Crippen molar-refractivity contribution in [1.29, 1.82) is 0 Å². The normalized spacial score (nSPS) is 7.38. The summed E-state index contributed by atoms with van der Waals surface area (Å²) in [6, 6.07) is 0. The van der Waals surface area contributed by atoms with Crippen molar-refractivity contribution in [2.75, 3.05) is 0 Å². The minimum atomic E-state index is -5.39. The molecule has 0 saturated heterocycles. The standard InChI is InChI=1S/Al.Ga.In.H3O4P/c;;;1-5(2,3)4/h;;;(H3,1,2,3,4)/q3*+3;/p-3. The molecule has 0 aromatic rings. The third kappa shape index (κ3) is 90.2. The van der Waals surface area contributed by atoms with Crippen molar-refractivity contribution in [2.24, 2.45) is 0 Å². The maximum Gasteiger partial charge on any atom is 3.00 e. The van der Waals surface area contributed by atoms with Gasteiger partial charge in [-0.05, 0) is 0 Å². The molecule has 0 aliphatic carbocycles. The molecule has 0 rings (SSSR count). The molecule has 0 bridgehead atoms. The van der Waals surface area contributed by atoms with Crippen LogP contribution in [0, 0.1) is 0 Å². The van der Waals surface area contributed by atoms with Crippen molar-refractivity contribution in [3.05, 3.63) is 0 Å². The van der Waals surface area contributed by atoms with Crippen LogP contribution in [-0.4, -0.2) is 63.0 Å². The van der Waals surface area contributed by atoms with Gasteiger partial charge >= 0.3 is 63.0 Å². The molecule has 0 atom stereocenters. The maximum absolute atomic E-state index is 8.55. The van der Waals surface area contributed by atoms with Crippen LogP contribution in [0.1, 0.15) is 0 Å². The van der Waals surface area contributed by atoms with Crippen molar-refractivity contribution in [3.8, 4) is 0 Å². The average molecular weight is 306 g/mol. The largest absolute Gasteiger partial charge is 3.00 e. The van der Waals surface area contributed by atoms with E-state index in [1.807, 2.05) is 0 Å². The minimum absolute atomic E-state index is 0. The Morgan fingerprint density at radius 3 is 1.12 bits per heavy atom. The van der Waals surface area contributed by atoms with Crippen LogP contribution in [0.2, 0.25) is 0 Å². The van der Waals surface area contributed by atoms with Crippen molar-refractivity contribution in [1.82, 2.24) is 0 Å². The summed E-state index contributed by atoms with van der Waals surface area (Å²) < 4.78 is 8.55. The summed E-state index contributed by atoms with van der Waals surface area (Å²) in [5.74, 6) is 0. The molecular formula is AlGaInO4P+6. The third-order valence-corrected chi connectivity index (χ3v) is 0. The number of phosphoric acid groups is 1. The Kier molecular flexibility index (Phi) is 25.7. The summed E-state index contributed by atoms with van der Waals surface area (Å²) in [5, 5.41) is 0. The summed E-state index contributed by atoms with van der Waals surface area (Å²) in [5.41, 5.74) is 0. The van der Waals surface area contributed by atoms with Crippen LogP contribution in [0.3, 0.4) is 0 Å². The second kappa shape index (κ2) is 9.15. The van der Waals surface area contributed by atoms with Crippen LogP contribution in [0.4, 0.5) is 0 Å². The Morgan fingerprint density at radius 2 is 1.12 bits per heavy atom. The van der Waals surface area contributed by atoms with Gasteiger partial charge in [0, 0.05) is 0 Å². The zero-order valence-corrected chi connectivity index (χ0v) is 11.6. The Labute approximate surface area is 89.3 Å². The van der Waals surface area contributed by atoms with E-state index < -0.39 is 7.82 Å². The molecule has 0 fully saturated rings. The minimum Gasteiger partial charge on any atom is -0.822 e. The summed E-state index contributed by atoms with van der Waals surface area (Å²) in [6.07, 6.45) is 0. The van der Waals surface area contributed by atoms with Crippen molar-refractivity contribution in [3.63, 3.8) is 0 Å². The third-order valence-electron chi connectivity index (χ3n) is 0. The fraction of sp³-hybridized carbons (Fsp3) is 0. The molecule has 32 valence electrons. The van der Waals surface area contributed by atoms with E-state index in [2.05, 4.69) is 0 Å². The molecule has 0 aliphatic heterocycles. The summed E-state index contributed by atoms with van der Waals surface area (Å²) in [7, 11) is -5.39. The van der Waals surface area contributed by atoms with E-state index in [0.717, 1.165) is 0 Å². The molecule has 0 aromatic carbocycles. The number of hydrogen-bond acceptors (Lipinski definition) is 4. The second-order valence-electron chi connectivity index (χ2n) is 0.447. The first-order valence-electron chi connectivity index (χ1n) is 0.730. The molecule has 0 heterocycles. The molecule has 8 heavy (non-hydrogen) atoms. The smallest absolute Gasteiger partial charge is 0.822 e. The zero-order chi connectivity index (χ0) is 4.50. The van der Waals surface area contributed by atoms with E-state index >= 15 is 0 Å². The second-order valence-corrected chi connectivity index (χ2v) is 1.34. The molecule has 0 saturated carbocycles. The Morgan fingerprint density at radius 1 is 1.12 bits per heavy atom. The van der Waals surface area contributed by atoms with Gasteiger partial charge in [-0.25, -0.2) is 0 Å². The SMILES string of the molecule is O=P([O-])([O-])[O-].[Al+3].[Ga+3].[In+3]. The van der Waals surface area contributed by atoms with Crippen molar-refractivity contribution in [2.45, 2.75) is 0 Å². The van der Waals surface area contributed by atoms with Gasteiger partial charge in [-0.15, -0.1) is 0 Å². The molecule has 0 spiro atoms. The van der Waals surface area contributed by atoms with E-state index in [0.29, 0.717) is 0 Å². The van der Waals surface area contributed by atoms with E-state index in [4.69, 9.17) is 19.2 Å². The van der Waals surface area contributed by atoms with Gasteiger partial charge in [0.25, 0.3) is 0 Å². The van der Waals surface area contributed by atoms with E-state index in [1.54, 1.807) is 0 Å². The summed E-state index contributed by atoms with van der Waals surface area (Å²) in [4.78, 5) is 25.6. The average Bonchev–Trinajstić information content (AvgIpc) is 0.722. The van der Waals surface area contributed by atoms with Gasteiger partial charge in [-0.2, -0.15) is 7.82 Å². The zero-order valence-electron chi connectivity index (χ0n) is 3.81. The molecule has 4 nitrogen and oxygen atoms in total. The van der Waals surface area contributed by atoms with Crippen LogP contribution in [0.5, 0.6) is 0 Å². The predicted molar refractivity (Wildman–Crippen MR) is 24.9 cm³/mol. The van der Waals surface area contributed by atoms with Crippen molar-refractivity contribution >= 4 is 70.8 Å². The fourth-order valence-corrected chi connectivity index (χ4v) is 0. The van der Waals surface area contributed by atoms with E-state index in [9.17, 15) is 0 Å². The van der Waals surface area contributed by atoms with Crippen LogP contribution in [-0.2, 0) is 4.57 Å². The van der Waals surface area contributed by atoms with Crippen LogP contribution >= 0.6 is 7.82 Å². The van der Waals surface area contributed by atoms with Gasteiger partial charge in [0.2, 0.25) is 0 Å². The topological polar surface area (TPSA) is 86.2 Å². The quantitative estimate of drug-likeness (QED) is 0.337. The van der Waals surface area contributed by atoms with Gasteiger partial charge in [0.15, 0.2) is 0 Å². The van der Waals surface area contributed by atoms with Crippen LogP contribution in [0.25, 0.3) is 0 Å². The molecule has 8 heteroatoms. The molecular weight excluding hydrogens is 306 g/mol. The summed E-state index contributed by atoms with van der Waals surface area (Å²) >= 11 is 0. The van der Waals surface area contributed by atoms with Crippen molar-refractivity contribution < 1.29 is 19.2 Å². The van der Waals surface area contributed by atoms with Crippen LogP contribution < -0.4 is 14.7 Å². The number of hydrogen-bond donors (Lipinski definition) is 0.